The molecule has 5 atom stereocenters. The van der Waals surface area contributed by atoms with Gasteiger partial charge >= 0.3 is 0 Å². The first-order chi connectivity index (χ1) is 16.2. The molecule has 5 unspecified atom stereocenters. The second-order valence-corrected chi connectivity index (χ2v) is 10.7. The Kier molecular flexibility index (Phi) is 7.23. The molecule has 0 bridgehead atoms. The number of carbonyl (C=O) groups is 2. The van der Waals surface area contributed by atoms with Crippen LogP contribution in [0.25, 0.3) is 0 Å². The summed E-state index contributed by atoms with van der Waals surface area (Å²) >= 11 is 0. The average molecular weight is 471 g/mol. The van der Waals surface area contributed by atoms with Gasteiger partial charge in [0.05, 0.1) is 6.10 Å². The van der Waals surface area contributed by atoms with E-state index in [9.17, 15) is 23.5 Å². The van der Waals surface area contributed by atoms with Gasteiger partial charge in [-0.05, 0) is 85.5 Å². The highest BCUT2D eigenvalue weighted by molar-refractivity contribution is 5.94. The molecule has 184 valence electrons. The van der Waals surface area contributed by atoms with Crippen LogP contribution in [-0.2, 0) is 4.79 Å². The van der Waals surface area contributed by atoms with Crippen molar-refractivity contribution in [1.29, 1.82) is 0 Å². The number of alkyl halides is 2. The Hall–Kier alpha value is -2.14. The van der Waals surface area contributed by atoms with Gasteiger partial charge < -0.3 is 5.11 Å². The first-order valence-electron chi connectivity index (χ1n) is 12.7. The standard InChI is InChI=1S/C26H30O3.C3H6F2/c1-15(27)16-3-5-17(6-4-16)22-14-26(2)23(11-12-24(26)29)21-9-7-18-13-19(28)8-10-20(18)25(21)22;1-2-3(4)5/h3-6,13,21-24,29H,7-12,14H2,1-2H3;3H,2H2,1H3. The summed E-state index contributed by atoms with van der Waals surface area (Å²) < 4.78 is 21.5. The van der Waals surface area contributed by atoms with Crippen molar-refractivity contribution < 1.29 is 23.5 Å². The molecule has 2 saturated carbocycles. The van der Waals surface area contributed by atoms with Gasteiger partial charge in [0.25, 0.3) is 0 Å². The van der Waals surface area contributed by atoms with Crippen molar-refractivity contribution in [3.8, 4) is 0 Å². The normalized spacial score (nSPS) is 32.3. The monoisotopic (exact) mass is 470 g/mol. The molecule has 0 amide bonds. The van der Waals surface area contributed by atoms with Gasteiger partial charge in [-0.25, -0.2) is 8.78 Å². The predicted octanol–water partition coefficient (Wildman–Crippen LogP) is 6.81. The molecular weight excluding hydrogens is 434 g/mol. The summed E-state index contributed by atoms with van der Waals surface area (Å²) in [5.74, 6) is 1.66. The van der Waals surface area contributed by atoms with Crippen LogP contribution in [0.15, 0.2) is 47.1 Å². The lowest BCUT2D eigenvalue weighted by Gasteiger charge is -2.52. The number of halogens is 2. The van der Waals surface area contributed by atoms with E-state index in [0.29, 0.717) is 18.3 Å². The van der Waals surface area contributed by atoms with Crippen LogP contribution in [0.4, 0.5) is 8.78 Å². The van der Waals surface area contributed by atoms with E-state index in [0.717, 1.165) is 44.1 Å². The van der Waals surface area contributed by atoms with E-state index in [1.54, 1.807) is 12.5 Å². The highest BCUT2D eigenvalue weighted by Crippen LogP contribution is 2.63. The number of allylic oxidation sites excluding steroid dienone is 4. The summed E-state index contributed by atoms with van der Waals surface area (Å²) in [6.45, 7) is 5.35. The van der Waals surface area contributed by atoms with Gasteiger partial charge in [0.15, 0.2) is 11.6 Å². The number of Topliss-reactive ketones (excluding diaryl/α,β-unsaturated/α-hetero) is 1. The van der Waals surface area contributed by atoms with Crippen LogP contribution in [0.5, 0.6) is 0 Å². The number of aliphatic hydroxyl groups excluding tert-OH is 1. The van der Waals surface area contributed by atoms with E-state index in [1.807, 2.05) is 18.2 Å². The Labute approximate surface area is 201 Å². The molecule has 0 aliphatic heterocycles. The average Bonchev–Trinajstić information content (AvgIpc) is 3.12. The smallest absolute Gasteiger partial charge is 0.238 e. The zero-order valence-electron chi connectivity index (χ0n) is 20.4. The molecule has 3 nitrogen and oxygen atoms in total. The molecular formula is C29H36F2O3. The molecule has 1 aromatic rings. The van der Waals surface area contributed by atoms with E-state index in [2.05, 4.69) is 19.1 Å². The number of ketones is 2. The molecule has 1 aromatic carbocycles. The lowest BCUT2D eigenvalue weighted by Crippen LogP contribution is -2.45. The molecule has 0 aromatic heterocycles. The molecule has 5 heteroatoms. The van der Waals surface area contributed by atoms with Crippen molar-refractivity contribution in [1.82, 2.24) is 0 Å². The highest BCUT2D eigenvalue weighted by atomic mass is 19.3. The zero-order valence-corrected chi connectivity index (χ0v) is 20.4. The molecule has 4 aliphatic rings. The summed E-state index contributed by atoms with van der Waals surface area (Å²) in [6, 6.07) is 8.12. The Morgan fingerprint density at radius 1 is 1.12 bits per heavy atom. The van der Waals surface area contributed by atoms with Crippen LogP contribution >= 0.6 is 0 Å². The van der Waals surface area contributed by atoms with Crippen molar-refractivity contribution >= 4 is 11.6 Å². The molecule has 0 saturated heterocycles. The number of hydrogen-bond donors (Lipinski definition) is 1. The third-order valence-electron chi connectivity index (χ3n) is 8.71. The fourth-order valence-electron chi connectivity index (χ4n) is 6.88. The molecule has 2 fully saturated rings. The van der Waals surface area contributed by atoms with E-state index in [1.165, 1.54) is 23.6 Å². The maximum Gasteiger partial charge on any atom is 0.238 e. The SMILES string of the molecule is CC(=O)c1ccc(C2CC3(C)C(O)CCC3C3CCC4=CC(=O)CCC4=C23)cc1.CCC(F)F. The molecule has 1 N–H and O–H groups in total. The molecule has 5 rings (SSSR count). The maximum absolute atomic E-state index is 12.0. The number of benzene rings is 1. The first-order valence-corrected chi connectivity index (χ1v) is 12.7. The second-order valence-electron chi connectivity index (χ2n) is 10.7. The number of fused-ring (bicyclic) bond motifs is 4. The fourth-order valence-corrected chi connectivity index (χ4v) is 6.88. The number of carbonyl (C=O) groups excluding carboxylic acids is 2. The molecule has 0 spiro atoms. The minimum Gasteiger partial charge on any atom is -0.393 e. The number of rotatable bonds is 3. The van der Waals surface area contributed by atoms with Gasteiger partial charge in [-0.1, -0.05) is 43.7 Å². The van der Waals surface area contributed by atoms with Crippen molar-refractivity contribution in [2.45, 2.75) is 90.6 Å². The van der Waals surface area contributed by atoms with Crippen molar-refractivity contribution in [2.75, 3.05) is 0 Å². The minimum absolute atomic E-state index is 0.0278. The third kappa shape index (κ3) is 4.56. The molecule has 34 heavy (non-hydrogen) atoms. The van der Waals surface area contributed by atoms with Gasteiger partial charge in [-0.2, -0.15) is 0 Å². The quantitative estimate of drug-likeness (QED) is 0.494. The Bertz CT molecular complexity index is 1010. The first kappa shape index (κ1) is 25.0. The van der Waals surface area contributed by atoms with Crippen LogP contribution in [0.3, 0.4) is 0 Å². The van der Waals surface area contributed by atoms with E-state index >= 15 is 0 Å². The molecule has 4 aliphatic carbocycles. The van der Waals surface area contributed by atoms with Gasteiger partial charge in [0.2, 0.25) is 6.43 Å². The number of hydrogen-bond acceptors (Lipinski definition) is 3. The topological polar surface area (TPSA) is 54.4 Å². The summed E-state index contributed by atoms with van der Waals surface area (Å²) in [5.41, 5.74) is 6.19. The summed E-state index contributed by atoms with van der Waals surface area (Å²) in [7, 11) is 0. The largest absolute Gasteiger partial charge is 0.393 e. The summed E-state index contributed by atoms with van der Waals surface area (Å²) in [4.78, 5) is 23.8. The third-order valence-corrected chi connectivity index (χ3v) is 8.71. The Morgan fingerprint density at radius 3 is 2.41 bits per heavy atom. The summed E-state index contributed by atoms with van der Waals surface area (Å²) in [6.07, 6.45) is 6.05. The van der Waals surface area contributed by atoms with Gasteiger partial charge in [0, 0.05) is 24.3 Å². The highest BCUT2D eigenvalue weighted by Gasteiger charge is 2.56. The molecule has 0 heterocycles. The van der Waals surface area contributed by atoms with Crippen LogP contribution in [0.1, 0.15) is 94.0 Å². The lowest BCUT2D eigenvalue weighted by atomic mass is 9.53. The van der Waals surface area contributed by atoms with Gasteiger partial charge in [0.1, 0.15) is 0 Å². The zero-order chi connectivity index (χ0) is 24.6. The van der Waals surface area contributed by atoms with Crippen molar-refractivity contribution in [3.05, 3.63) is 58.2 Å². The predicted molar refractivity (Wildman–Crippen MR) is 129 cm³/mol. The number of aliphatic hydroxyl groups is 1. The van der Waals surface area contributed by atoms with Crippen LogP contribution in [-0.4, -0.2) is 29.2 Å². The van der Waals surface area contributed by atoms with E-state index < -0.39 is 6.43 Å². The van der Waals surface area contributed by atoms with Crippen molar-refractivity contribution in [2.24, 2.45) is 17.3 Å². The van der Waals surface area contributed by atoms with Crippen LogP contribution in [0, 0.1) is 17.3 Å². The maximum atomic E-state index is 12.0. The van der Waals surface area contributed by atoms with Crippen molar-refractivity contribution in [3.63, 3.8) is 0 Å². The Morgan fingerprint density at radius 2 is 1.79 bits per heavy atom. The second kappa shape index (κ2) is 9.85. The van der Waals surface area contributed by atoms with Crippen LogP contribution in [0.2, 0.25) is 0 Å². The Balaban J connectivity index is 0.000000499. The van der Waals surface area contributed by atoms with Gasteiger partial charge in [-0.3, -0.25) is 9.59 Å². The van der Waals surface area contributed by atoms with Crippen LogP contribution < -0.4 is 0 Å². The summed E-state index contributed by atoms with van der Waals surface area (Å²) in [5, 5.41) is 10.9. The lowest BCUT2D eigenvalue weighted by molar-refractivity contribution is -0.114. The van der Waals surface area contributed by atoms with E-state index in [4.69, 9.17) is 0 Å². The minimum atomic E-state index is -2.12. The molecule has 0 radical (unpaired) electrons. The van der Waals surface area contributed by atoms with E-state index in [-0.39, 0.29) is 35.4 Å². The van der Waals surface area contributed by atoms with Gasteiger partial charge in [-0.15, -0.1) is 0 Å². The fraction of sp³-hybridized carbons (Fsp3) is 0.586.